The Labute approximate surface area is 128 Å². The van der Waals surface area contributed by atoms with Crippen LogP contribution in [0.4, 0.5) is 0 Å². The minimum atomic E-state index is 0. The molecule has 1 aliphatic heterocycles. The molecular weight excluding hydrogens is 301 g/mol. The number of hydrogen-bond donors (Lipinski definition) is 1. The van der Waals surface area contributed by atoms with Gasteiger partial charge in [0.15, 0.2) is 5.82 Å². The summed E-state index contributed by atoms with van der Waals surface area (Å²) in [5.74, 6) is 1.26. The van der Waals surface area contributed by atoms with E-state index in [1.165, 1.54) is 0 Å². The summed E-state index contributed by atoms with van der Waals surface area (Å²) in [6.45, 7) is 2.12. The maximum Gasteiger partial charge on any atom is 0.231 e. The monoisotopic (exact) mass is 315 g/mol. The van der Waals surface area contributed by atoms with Crippen LogP contribution in [0.5, 0.6) is 0 Å². The van der Waals surface area contributed by atoms with E-state index in [9.17, 15) is 0 Å². The Morgan fingerprint density at radius 1 is 1.30 bits per heavy atom. The SMILES string of the molecule is Cl.Clc1ccc(Cc2nc(C3COCCN3)no2)cc1. The van der Waals surface area contributed by atoms with Gasteiger partial charge in [-0.2, -0.15) is 4.98 Å². The van der Waals surface area contributed by atoms with E-state index in [4.69, 9.17) is 20.9 Å². The number of rotatable bonds is 3. The number of ether oxygens (including phenoxy) is 1. The highest BCUT2D eigenvalue weighted by molar-refractivity contribution is 6.30. The van der Waals surface area contributed by atoms with Gasteiger partial charge in [-0.25, -0.2) is 0 Å². The summed E-state index contributed by atoms with van der Waals surface area (Å²) in [5.41, 5.74) is 1.09. The fourth-order valence-corrected chi connectivity index (χ4v) is 2.12. The van der Waals surface area contributed by atoms with Crippen molar-refractivity contribution in [1.29, 1.82) is 0 Å². The molecule has 1 saturated heterocycles. The molecule has 1 fully saturated rings. The first-order valence-electron chi connectivity index (χ1n) is 6.19. The molecule has 1 unspecified atom stereocenters. The molecule has 2 aromatic rings. The van der Waals surface area contributed by atoms with E-state index in [0.29, 0.717) is 24.7 Å². The number of hydrogen-bond acceptors (Lipinski definition) is 5. The first-order valence-corrected chi connectivity index (χ1v) is 6.57. The molecule has 1 aromatic heterocycles. The maximum absolute atomic E-state index is 5.85. The highest BCUT2D eigenvalue weighted by Crippen LogP contribution is 2.16. The van der Waals surface area contributed by atoms with Gasteiger partial charge in [0.2, 0.25) is 5.89 Å². The smallest absolute Gasteiger partial charge is 0.231 e. The number of nitrogens with zero attached hydrogens (tertiary/aromatic N) is 2. The highest BCUT2D eigenvalue weighted by Gasteiger charge is 2.20. The molecule has 0 bridgehead atoms. The van der Waals surface area contributed by atoms with Crippen molar-refractivity contribution in [2.75, 3.05) is 19.8 Å². The Balaban J connectivity index is 0.00000147. The standard InChI is InChI=1S/C13H14ClN3O2.ClH/c14-10-3-1-9(2-4-10)7-12-16-13(17-19-12)11-8-18-6-5-15-11;/h1-4,11,15H,5-8H2;1H. The van der Waals surface area contributed by atoms with E-state index in [1.807, 2.05) is 24.3 Å². The average molecular weight is 316 g/mol. The second-order valence-corrected chi connectivity index (χ2v) is 4.87. The summed E-state index contributed by atoms with van der Waals surface area (Å²) in [5, 5.41) is 8.01. The molecule has 1 aliphatic rings. The zero-order valence-corrected chi connectivity index (χ0v) is 12.3. The van der Waals surface area contributed by atoms with Gasteiger partial charge in [-0.1, -0.05) is 28.9 Å². The zero-order chi connectivity index (χ0) is 13.1. The number of aromatic nitrogens is 2. The van der Waals surface area contributed by atoms with Crippen LogP contribution in [0.1, 0.15) is 23.3 Å². The van der Waals surface area contributed by atoms with E-state index >= 15 is 0 Å². The first kappa shape index (κ1) is 15.3. The Kier molecular flexibility index (Phi) is 5.37. The molecule has 0 aliphatic carbocycles. The van der Waals surface area contributed by atoms with Gasteiger partial charge in [0.1, 0.15) is 0 Å². The zero-order valence-electron chi connectivity index (χ0n) is 10.7. The van der Waals surface area contributed by atoms with Gasteiger partial charge in [0.25, 0.3) is 0 Å². The Morgan fingerprint density at radius 2 is 2.10 bits per heavy atom. The highest BCUT2D eigenvalue weighted by atomic mass is 35.5. The van der Waals surface area contributed by atoms with Gasteiger partial charge in [0.05, 0.1) is 25.7 Å². The van der Waals surface area contributed by atoms with Crippen molar-refractivity contribution in [3.8, 4) is 0 Å². The molecule has 5 nitrogen and oxygen atoms in total. The van der Waals surface area contributed by atoms with Crippen LogP contribution < -0.4 is 5.32 Å². The average Bonchev–Trinajstić information content (AvgIpc) is 2.91. The Bertz CT molecular complexity index is 539. The second-order valence-electron chi connectivity index (χ2n) is 4.43. The summed E-state index contributed by atoms with van der Waals surface area (Å²) in [6.07, 6.45) is 0.609. The Hall–Kier alpha value is -1.14. The second kappa shape index (κ2) is 7.04. The first-order chi connectivity index (χ1) is 9.31. The normalized spacial score (nSPS) is 18.6. The molecular formula is C13H15Cl2N3O2. The molecule has 3 rings (SSSR count). The molecule has 0 saturated carbocycles. The molecule has 7 heteroatoms. The van der Waals surface area contributed by atoms with Gasteiger partial charge >= 0.3 is 0 Å². The van der Waals surface area contributed by atoms with Crippen LogP contribution in [0.2, 0.25) is 5.02 Å². The van der Waals surface area contributed by atoms with Crippen molar-refractivity contribution in [1.82, 2.24) is 15.5 Å². The fraction of sp³-hybridized carbons (Fsp3) is 0.385. The number of benzene rings is 1. The molecule has 20 heavy (non-hydrogen) atoms. The Morgan fingerprint density at radius 3 is 2.80 bits per heavy atom. The van der Waals surface area contributed by atoms with Crippen LogP contribution in [0.15, 0.2) is 28.8 Å². The van der Waals surface area contributed by atoms with E-state index in [0.717, 1.165) is 23.7 Å². The summed E-state index contributed by atoms with van der Waals surface area (Å²) in [7, 11) is 0. The number of nitrogens with one attached hydrogen (secondary N) is 1. The molecule has 1 N–H and O–H groups in total. The van der Waals surface area contributed by atoms with Crippen molar-refractivity contribution in [2.45, 2.75) is 12.5 Å². The van der Waals surface area contributed by atoms with Gasteiger partial charge in [-0.05, 0) is 17.7 Å². The van der Waals surface area contributed by atoms with Crippen LogP contribution in [-0.4, -0.2) is 29.9 Å². The molecule has 1 atom stereocenters. The lowest BCUT2D eigenvalue weighted by atomic mass is 10.1. The third-order valence-corrected chi connectivity index (χ3v) is 3.24. The van der Waals surface area contributed by atoms with Gasteiger partial charge in [-0.3, -0.25) is 0 Å². The third kappa shape index (κ3) is 3.70. The van der Waals surface area contributed by atoms with Crippen molar-refractivity contribution in [3.63, 3.8) is 0 Å². The van der Waals surface area contributed by atoms with Gasteiger partial charge in [-0.15, -0.1) is 12.4 Å². The summed E-state index contributed by atoms with van der Waals surface area (Å²) < 4.78 is 10.6. The quantitative estimate of drug-likeness (QED) is 0.942. The molecule has 0 amide bonds. The summed E-state index contributed by atoms with van der Waals surface area (Å²) >= 11 is 5.85. The van der Waals surface area contributed by atoms with Crippen LogP contribution in [0.3, 0.4) is 0 Å². The van der Waals surface area contributed by atoms with Crippen LogP contribution in [0, 0.1) is 0 Å². The van der Waals surface area contributed by atoms with Crippen LogP contribution in [-0.2, 0) is 11.2 Å². The fourth-order valence-electron chi connectivity index (χ4n) is 1.99. The number of morpholine rings is 1. The molecule has 0 spiro atoms. The van der Waals surface area contributed by atoms with Crippen molar-refractivity contribution >= 4 is 24.0 Å². The van der Waals surface area contributed by atoms with Gasteiger partial charge in [0, 0.05) is 11.6 Å². The lowest BCUT2D eigenvalue weighted by Gasteiger charge is -2.20. The van der Waals surface area contributed by atoms with Gasteiger partial charge < -0.3 is 14.6 Å². The molecule has 1 aromatic carbocycles. The maximum atomic E-state index is 5.85. The van der Waals surface area contributed by atoms with Crippen molar-refractivity contribution in [2.24, 2.45) is 0 Å². The predicted octanol–water partition coefficient (Wildman–Crippen LogP) is 2.40. The van der Waals surface area contributed by atoms with Crippen molar-refractivity contribution in [3.05, 3.63) is 46.6 Å². The van der Waals surface area contributed by atoms with E-state index in [1.54, 1.807) is 0 Å². The lowest BCUT2D eigenvalue weighted by Crippen LogP contribution is -2.35. The van der Waals surface area contributed by atoms with E-state index in [-0.39, 0.29) is 18.4 Å². The molecule has 0 radical (unpaired) electrons. The van der Waals surface area contributed by atoms with Crippen LogP contribution >= 0.6 is 24.0 Å². The molecule has 108 valence electrons. The topological polar surface area (TPSA) is 60.2 Å². The predicted molar refractivity (Wildman–Crippen MR) is 77.4 cm³/mol. The minimum Gasteiger partial charge on any atom is -0.378 e. The third-order valence-electron chi connectivity index (χ3n) is 2.99. The summed E-state index contributed by atoms with van der Waals surface area (Å²) in [6, 6.07) is 7.63. The number of halogens is 2. The van der Waals surface area contributed by atoms with E-state index in [2.05, 4.69) is 15.5 Å². The summed E-state index contributed by atoms with van der Waals surface area (Å²) in [4.78, 5) is 4.40. The van der Waals surface area contributed by atoms with Crippen molar-refractivity contribution < 1.29 is 9.26 Å². The van der Waals surface area contributed by atoms with Crippen LogP contribution in [0.25, 0.3) is 0 Å². The van der Waals surface area contributed by atoms with E-state index < -0.39 is 0 Å². The molecule has 2 heterocycles. The largest absolute Gasteiger partial charge is 0.378 e. The lowest BCUT2D eigenvalue weighted by molar-refractivity contribution is 0.0734. The minimum absolute atomic E-state index is 0.